The lowest BCUT2D eigenvalue weighted by Crippen LogP contribution is -2.56. The van der Waals surface area contributed by atoms with Crippen molar-refractivity contribution in [2.24, 2.45) is 5.73 Å². The minimum atomic E-state index is -0.0111. The van der Waals surface area contributed by atoms with Crippen LogP contribution in [0.3, 0.4) is 0 Å². The van der Waals surface area contributed by atoms with Crippen molar-refractivity contribution in [1.82, 2.24) is 15.1 Å². The van der Waals surface area contributed by atoms with Gasteiger partial charge in [0.05, 0.1) is 11.0 Å². The van der Waals surface area contributed by atoms with E-state index in [4.69, 9.17) is 18.0 Å². The summed E-state index contributed by atoms with van der Waals surface area (Å²) in [7, 11) is 1.65. The van der Waals surface area contributed by atoms with Gasteiger partial charge in [0.1, 0.15) is 0 Å². The summed E-state index contributed by atoms with van der Waals surface area (Å²) in [6, 6.07) is 0.157. The number of piperazine rings is 1. The smallest absolute Gasteiger partial charge is 0.317 e. The van der Waals surface area contributed by atoms with Crippen LogP contribution in [0.4, 0.5) is 4.79 Å². The number of nitrogens with one attached hydrogen (secondary N) is 1. The van der Waals surface area contributed by atoms with Crippen LogP contribution in [0, 0.1) is 0 Å². The van der Waals surface area contributed by atoms with Gasteiger partial charge in [0.15, 0.2) is 0 Å². The first-order valence-corrected chi connectivity index (χ1v) is 6.01. The summed E-state index contributed by atoms with van der Waals surface area (Å²) in [5, 5.41) is 2.63. The monoisotopic (exact) mass is 244 g/mol. The molecule has 1 rings (SSSR count). The molecule has 1 heterocycles. The summed E-state index contributed by atoms with van der Waals surface area (Å²) in [4.78, 5) is 16.0. The summed E-state index contributed by atoms with van der Waals surface area (Å²) in [6.45, 7) is 5.22. The molecule has 0 aliphatic carbocycles. The molecule has 3 N–H and O–H groups in total. The van der Waals surface area contributed by atoms with Crippen molar-refractivity contribution in [2.75, 3.05) is 33.2 Å². The summed E-state index contributed by atoms with van der Waals surface area (Å²) in [6.07, 6.45) is 0.926. The van der Waals surface area contributed by atoms with Crippen molar-refractivity contribution in [3.8, 4) is 0 Å². The molecule has 2 amide bonds. The van der Waals surface area contributed by atoms with Gasteiger partial charge in [0, 0.05) is 33.2 Å². The topological polar surface area (TPSA) is 61.6 Å². The van der Waals surface area contributed by atoms with E-state index in [1.165, 1.54) is 0 Å². The fraction of sp³-hybridized carbons (Fsp3) is 0.800. The molecule has 0 bridgehead atoms. The second kappa shape index (κ2) is 6.00. The van der Waals surface area contributed by atoms with Crippen molar-refractivity contribution in [1.29, 1.82) is 0 Å². The zero-order valence-electron chi connectivity index (χ0n) is 9.90. The number of thiocarbonyl (C=S) groups is 1. The standard InChI is InChI=1S/C10H20N4OS/c1-3-8(9(11)16)13-4-6-14(7-5-13)10(15)12-2/h8H,3-7H2,1-2H3,(H2,11,16)(H,12,15). The van der Waals surface area contributed by atoms with Gasteiger partial charge >= 0.3 is 6.03 Å². The lowest BCUT2D eigenvalue weighted by Gasteiger charge is -2.38. The molecule has 1 unspecified atom stereocenters. The molecule has 16 heavy (non-hydrogen) atoms. The Bertz CT molecular complexity index is 264. The molecule has 1 saturated heterocycles. The molecule has 6 heteroatoms. The molecule has 0 radical (unpaired) electrons. The zero-order valence-corrected chi connectivity index (χ0v) is 10.7. The maximum atomic E-state index is 11.4. The van der Waals surface area contributed by atoms with Gasteiger partial charge in [-0.2, -0.15) is 0 Å². The van der Waals surface area contributed by atoms with Gasteiger partial charge in [-0.15, -0.1) is 0 Å². The minimum absolute atomic E-state index is 0.0111. The van der Waals surface area contributed by atoms with E-state index in [2.05, 4.69) is 17.1 Å². The Morgan fingerprint density at radius 2 is 2.00 bits per heavy atom. The molecule has 92 valence electrons. The third-order valence-electron chi connectivity index (χ3n) is 2.97. The van der Waals surface area contributed by atoms with Gasteiger partial charge in [-0.25, -0.2) is 4.79 Å². The average molecular weight is 244 g/mol. The first kappa shape index (κ1) is 13.2. The molecular weight excluding hydrogens is 224 g/mol. The van der Waals surface area contributed by atoms with E-state index in [1.54, 1.807) is 7.05 Å². The average Bonchev–Trinajstić information content (AvgIpc) is 2.29. The molecule has 0 aromatic rings. The summed E-state index contributed by atoms with van der Waals surface area (Å²) in [5.74, 6) is 0. The summed E-state index contributed by atoms with van der Waals surface area (Å²) >= 11 is 5.04. The number of nitrogens with two attached hydrogens (primary N) is 1. The molecule has 0 aromatic carbocycles. The van der Waals surface area contributed by atoms with Gasteiger partial charge in [-0.3, -0.25) is 4.90 Å². The fourth-order valence-corrected chi connectivity index (χ4v) is 2.35. The fourth-order valence-electron chi connectivity index (χ4n) is 2.03. The molecule has 0 saturated carbocycles. The van der Waals surface area contributed by atoms with Crippen LogP contribution in [0.1, 0.15) is 13.3 Å². The van der Waals surface area contributed by atoms with Crippen molar-refractivity contribution in [2.45, 2.75) is 19.4 Å². The van der Waals surface area contributed by atoms with Crippen molar-refractivity contribution < 1.29 is 4.79 Å². The van der Waals surface area contributed by atoms with Crippen LogP contribution in [0.5, 0.6) is 0 Å². The van der Waals surface area contributed by atoms with Crippen LogP contribution in [-0.2, 0) is 0 Å². The molecule has 0 spiro atoms. The third-order valence-corrected chi connectivity index (χ3v) is 3.24. The Morgan fingerprint density at radius 3 is 2.38 bits per heavy atom. The number of hydrogen-bond acceptors (Lipinski definition) is 3. The molecule has 5 nitrogen and oxygen atoms in total. The van der Waals surface area contributed by atoms with Crippen LogP contribution in [0.15, 0.2) is 0 Å². The Hall–Kier alpha value is -0.880. The van der Waals surface area contributed by atoms with E-state index in [-0.39, 0.29) is 12.1 Å². The zero-order chi connectivity index (χ0) is 12.1. The van der Waals surface area contributed by atoms with Gasteiger partial charge < -0.3 is 16.0 Å². The SMILES string of the molecule is CCC(C(N)=S)N1CCN(C(=O)NC)CC1. The number of amides is 2. The molecule has 1 aliphatic heterocycles. The number of urea groups is 1. The first-order valence-electron chi connectivity index (χ1n) is 5.60. The quantitative estimate of drug-likeness (QED) is 0.687. The lowest BCUT2D eigenvalue weighted by atomic mass is 10.1. The Labute approximate surface area is 102 Å². The Balaban J connectivity index is 2.47. The van der Waals surface area contributed by atoms with E-state index in [0.717, 1.165) is 32.6 Å². The highest BCUT2D eigenvalue weighted by atomic mass is 32.1. The van der Waals surface area contributed by atoms with Crippen molar-refractivity contribution >= 4 is 23.2 Å². The van der Waals surface area contributed by atoms with Gasteiger partial charge in [-0.05, 0) is 6.42 Å². The van der Waals surface area contributed by atoms with Gasteiger partial charge in [-0.1, -0.05) is 19.1 Å². The number of hydrogen-bond donors (Lipinski definition) is 2. The minimum Gasteiger partial charge on any atom is -0.392 e. The predicted molar refractivity (Wildman–Crippen MR) is 68.5 cm³/mol. The molecule has 1 aliphatic rings. The Kier molecular flexibility index (Phi) is 4.95. The number of carbonyl (C=O) groups excluding carboxylic acids is 1. The second-order valence-corrected chi connectivity index (χ2v) is 4.38. The van der Waals surface area contributed by atoms with E-state index in [9.17, 15) is 4.79 Å². The molecule has 1 atom stereocenters. The van der Waals surface area contributed by atoms with Crippen LogP contribution in [-0.4, -0.2) is 60.1 Å². The third kappa shape index (κ3) is 3.05. The largest absolute Gasteiger partial charge is 0.392 e. The summed E-state index contributed by atoms with van der Waals surface area (Å²) < 4.78 is 0. The van der Waals surface area contributed by atoms with Crippen LogP contribution in [0.2, 0.25) is 0 Å². The number of carbonyl (C=O) groups is 1. The van der Waals surface area contributed by atoms with E-state index < -0.39 is 0 Å². The van der Waals surface area contributed by atoms with Crippen molar-refractivity contribution in [3.63, 3.8) is 0 Å². The van der Waals surface area contributed by atoms with Crippen LogP contribution >= 0.6 is 12.2 Å². The normalized spacial score (nSPS) is 19.2. The van der Waals surface area contributed by atoms with Crippen molar-refractivity contribution in [3.05, 3.63) is 0 Å². The van der Waals surface area contributed by atoms with E-state index >= 15 is 0 Å². The molecular formula is C10H20N4OS. The predicted octanol–water partition coefficient (Wildman–Crippen LogP) is 0.00810. The maximum Gasteiger partial charge on any atom is 0.317 e. The maximum absolute atomic E-state index is 11.4. The first-order chi connectivity index (χ1) is 7.60. The van der Waals surface area contributed by atoms with Gasteiger partial charge in [0.2, 0.25) is 0 Å². The van der Waals surface area contributed by atoms with Gasteiger partial charge in [0.25, 0.3) is 0 Å². The number of rotatable bonds is 3. The highest BCUT2D eigenvalue weighted by molar-refractivity contribution is 7.80. The Morgan fingerprint density at radius 1 is 1.44 bits per heavy atom. The van der Waals surface area contributed by atoms with E-state index in [0.29, 0.717) is 4.99 Å². The molecule has 1 fully saturated rings. The number of nitrogens with zero attached hydrogens (tertiary/aromatic N) is 2. The van der Waals surface area contributed by atoms with Crippen LogP contribution < -0.4 is 11.1 Å². The molecule has 0 aromatic heterocycles. The highest BCUT2D eigenvalue weighted by Gasteiger charge is 2.25. The summed E-state index contributed by atoms with van der Waals surface area (Å²) in [5.41, 5.74) is 5.70. The highest BCUT2D eigenvalue weighted by Crippen LogP contribution is 2.09. The lowest BCUT2D eigenvalue weighted by molar-refractivity contribution is 0.127. The second-order valence-electron chi connectivity index (χ2n) is 3.90. The van der Waals surface area contributed by atoms with Crippen LogP contribution in [0.25, 0.3) is 0 Å². The van der Waals surface area contributed by atoms with E-state index in [1.807, 2.05) is 4.90 Å².